The molecule has 1 aromatic carbocycles. The number of nitrogen functional groups attached to an aromatic ring is 1. The number of anilines is 1. The summed E-state index contributed by atoms with van der Waals surface area (Å²) < 4.78 is 0.412. The zero-order valence-electron chi connectivity index (χ0n) is 28.2. The highest BCUT2D eigenvalue weighted by Crippen LogP contribution is 2.46. The number of nitrogens with one attached hydrogen (secondary N) is 1. The van der Waals surface area contributed by atoms with Crippen molar-refractivity contribution in [2.75, 3.05) is 44.2 Å². The van der Waals surface area contributed by atoms with Crippen LogP contribution in [0.25, 0.3) is 0 Å². The van der Waals surface area contributed by atoms with Gasteiger partial charge in [0.15, 0.2) is 28.1 Å². The minimum absolute atomic E-state index is 0.0448. The smallest absolute Gasteiger partial charge is 0.352 e. The molecule has 0 spiro atoms. The number of phenols is 2. The number of oxime groups is 1. The Morgan fingerprint density at radius 3 is 2.26 bits per heavy atom. The number of β-lactam (4-membered cyclic amide) rings is 1. The molecule has 6 rings (SSSR count). The molecule has 286 valence electrons. The van der Waals surface area contributed by atoms with E-state index in [1.165, 1.54) is 17.1 Å². The number of thiazole rings is 1. The molecule has 0 saturated carbocycles. The van der Waals surface area contributed by atoms with Crippen LogP contribution < -0.4 is 11.2 Å². The van der Waals surface area contributed by atoms with E-state index in [1.807, 2.05) is 0 Å². The van der Waals surface area contributed by atoms with Crippen LogP contribution in [0, 0.1) is 5.92 Å². The van der Waals surface area contributed by atoms with E-state index in [0.29, 0.717) is 29.7 Å². The third-order valence-corrected chi connectivity index (χ3v) is 11.6. The highest BCUT2D eigenvalue weighted by Gasteiger charge is 2.55. The summed E-state index contributed by atoms with van der Waals surface area (Å²) >= 11 is 2.23. The fraction of sp³-hybridized carbons (Fsp3) is 0.406. The molecule has 54 heavy (non-hydrogen) atoms. The van der Waals surface area contributed by atoms with E-state index in [4.69, 9.17) is 15.7 Å². The summed E-state index contributed by atoms with van der Waals surface area (Å²) in [5.74, 6) is -9.09. The number of nitrogens with zero attached hydrogens (tertiary/aromatic N) is 5. The van der Waals surface area contributed by atoms with Gasteiger partial charge < -0.3 is 40.6 Å². The van der Waals surface area contributed by atoms with Crippen LogP contribution >= 0.6 is 23.1 Å². The van der Waals surface area contributed by atoms with Crippen LogP contribution in [0.3, 0.4) is 0 Å². The number of phenolic OH excluding ortho intramolecular Hbond substituents is 2. The van der Waals surface area contributed by atoms with E-state index in [-0.39, 0.29) is 46.5 Å². The minimum Gasteiger partial charge on any atom is -0.504 e. The van der Waals surface area contributed by atoms with Gasteiger partial charge in [-0.15, -0.1) is 23.1 Å². The normalized spacial score (nSPS) is 21.1. The second-order valence-corrected chi connectivity index (χ2v) is 15.1. The molecule has 20 nitrogen and oxygen atoms in total. The fourth-order valence-corrected chi connectivity index (χ4v) is 8.95. The van der Waals surface area contributed by atoms with Gasteiger partial charge in [-0.25, -0.2) is 25.0 Å². The van der Waals surface area contributed by atoms with Gasteiger partial charge in [0.2, 0.25) is 12.0 Å². The van der Waals surface area contributed by atoms with Gasteiger partial charge in [-0.1, -0.05) is 5.16 Å². The number of likely N-dealkylation sites (tertiary alicyclic amines) is 1. The maximum absolute atomic E-state index is 13.6. The van der Waals surface area contributed by atoms with E-state index in [0.717, 1.165) is 46.2 Å². The van der Waals surface area contributed by atoms with Crippen molar-refractivity contribution in [3.63, 3.8) is 0 Å². The first-order valence-corrected chi connectivity index (χ1v) is 18.4. The van der Waals surface area contributed by atoms with Gasteiger partial charge in [-0.05, 0) is 12.1 Å². The number of imide groups is 1. The van der Waals surface area contributed by atoms with Gasteiger partial charge in [-0.2, -0.15) is 0 Å². The third-order valence-electron chi connectivity index (χ3n) is 9.58. The predicted molar refractivity (Wildman–Crippen MR) is 186 cm³/mol. The van der Waals surface area contributed by atoms with E-state index < -0.39 is 88.9 Å². The molecule has 0 unspecified atom stereocenters. The standard InChI is InChI=1S/C32H33N7O13S2/c33-32-35-18(13-54-32)24(36-52-22(30(48)49)10-23(43)44)21(42)9-17-26(45)37-25(31(50)51)14(12-53-29(17)37)11-39(4-1-2-5-39)6-3-34-38-27(46)15-7-19(40)20(41)8-16(15)28(38)47/h7-8,13,17,22,29,34H,1-6,9-12H2,(H6-,33,35,36,40,41,42,43,44,46,47,48,49,50,51)/p+1/t17-,22+,29-/m1/s1. The van der Waals surface area contributed by atoms with E-state index in [2.05, 4.69) is 15.6 Å². The number of Topliss-reactive ketones (excluding diaryl/α,β-unsaturated/α-hetero) is 1. The monoisotopic (exact) mass is 788 g/mol. The predicted octanol–water partition coefficient (Wildman–Crippen LogP) is 0.0257. The lowest BCUT2D eigenvalue weighted by molar-refractivity contribution is -0.911. The topological polar surface area (TPSA) is 300 Å². The van der Waals surface area contributed by atoms with Gasteiger partial charge in [0.25, 0.3) is 11.8 Å². The van der Waals surface area contributed by atoms with Crippen molar-refractivity contribution in [3.05, 3.63) is 45.6 Å². The van der Waals surface area contributed by atoms with Gasteiger partial charge >= 0.3 is 17.9 Å². The summed E-state index contributed by atoms with van der Waals surface area (Å²) in [4.78, 5) is 98.2. The van der Waals surface area contributed by atoms with Crippen molar-refractivity contribution in [3.8, 4) is 11.5 Å². The average Bonchev–Trinajstić information content (AvgIpc) is 3.82. The van der Waals surface area contributed by atoms with Crippen molar-refractivity contribution >= 4 is 75.4 Å². The number of hydrazine groups is 1. The zero-order chi connectivity index (χ0) is 39.1. The number of ketones is 1. The number of aromatic hydroxyl groups is 2. The summed E-state index contributed by atoms with van der Waals surface area (Å²) in [6, 6.07) is 2.04. The van der Waals surface area contributed by atoms with Crippen molar-refractivity contribution in [2.45, 2.75) is 37.2 Å². The first-order chi connectivity index (χ1) is 25.6. The molecule has 3 atom stereocenters. The fourth-order valence-electron chi connectivity index (χ4n) is 7.00. The molecule has 3 amide bonds. The Morgan fingerprint density at radius 2 is 1.70 bits per heavy atom. The molecule has 8 N–H and O–H groups in total. The number of amides is 3. The second kappa shape index (κ2) is 15.0. The van der Waals surface area contributed by atoms with Gasteiger partial charge in [0, 0.05) is 36.0 Å². The SMILES string of the molecule is Nc1nc(/C(=N/O[C@@H](CC(=O)O)C(=O)O)C(=O)C[C@@H]2C(=O)N3C(C(=O)O)=C(C[N+]4(CCNN5C(=O)c6cc(O)c(O)cc6C5=O)CCCC4)CS[C@H]23)cs1. The molecule has 5 heterocycles. The van der Waals surface area contributed by atoms with Crippen LogP contribution in [-0.4, -0.2) is 142 Å². The number of hydrogen-bond donors (Lipinski definition) is 7. The van der Waals surface area contributed by atoms with Crippen LogP contribution in [0.1, 0.15) is 52.1 Å². The number of rotatable bonds is 16. The molecular formula is C32H34N7O13S2+. The molecule has 0 bridgehead atoms. The molecule has 4 aliphatic rings. The summed E-state index contributed by atoms with van der Waals surface area (Å²) in [5, 5.41) is 53.4. The molecule has 0 aliphatic carbocycles. The number of fused-ring (bicyclic) bond motifs is 2. The zero-order valence-corrected chi connectivity index (χ0v) is 29.8. The van der Waals surface area contributed by atoms with Crippen LogP contribution in [0.4, 0.5) is 5.13 Å². The molecule has 2 aromatic rings. The average molecular weight is 789 g/mol. The van der Waals surface area contributed by atoms with Crippen molar-refractivity contribution in [1.29, 1.82) is 0 Å². The lowest BCUT2D eigenvalue weighted by Gasteiger charge is -2.50. The number of aliphatic carboxylic acids is 3. The third kappa shape index (κ3) is 7.31. The quantitative estimate of drug-likeness (QED) is 0.0295. The first kappa shape index (κ1) is 38.2. The van der Waals surface area contributed by atoms with E-state index in [1.54, 1.807) is 0 Å². The number of carboxylic acid groups (broad SMARTS) is 3. The molecular weight excluding hydrogens is 755 g/mol. The number of carboxylic acids is 3. The molecule has 0 radical (unpaired) electrons. The minimum atomic E-state index is -1.93. The van der Waals surface area contributed by atoms with Crippen LogP contribution in [-0.2, 0) is 28.8 Å². The second-order valence-electron chi connectivity index (χ2n) is 13.1. The summed E-state index contributed by atoms with van der Waals surface area (Å²) in [6.45, 7) is 2.13. The number of carbonyl (C=O) groups is 7. The number of carbonyl (C=O) groups excluding carboxylic acids is 4. The van der Waals surface area contributed by atoms with Crippen LogP contribution in [0.15, 0.2) is 33.9 Å². The van der Waals surface area contributed by atoms with Gasteiger partial charge in [0.05, 0.1) is 55.0 Å². The number of benzene rings is 1. The highest BCUT2D eigenvalue weighted by molar-refractivity contribution is 8.00. The maximum atomic E-state index is 13.6. The van der Waals surface area contributed by atoms with Crippen LogP contribution in [0.2, 0.25) is 0 Å². The van der Waals surface area contributed by atoms with E-state index in [9.17, 15) is 54.0 Å². The van der Waals surface area contributed by atoms with Crippen molar-refractivity contribution in [1.82, 2.24) is 20.3 Å². The molecule has 4 aliphatic heterocycles. The highest BCUT2D eigenvalue weighted by atomic mass is 32.2. The number of nitrogens with two attached hydrogens (primary N) is 1. The summed E-state index contributed by atoms with van der Waals surface area (Å²) in [6.07, 6.45) is -1.67. The largest absolute Gasteiger partial charge is 0.504 e. The lowest BCUT2D eigenvalue weighted by Crippen LogP contribution is -2.63. The van der Waals surface area contributed by atoms with E-state index >= 15 is 0 Å². The Hall–Kier alpha value is -5.58. The number of thioether (sulfide) groups is 1. The molecule has 2 fully saturated rings. The molecule has 1 aromatic heterocycles. The Balaban J connectivity index is 1.15. The Kier molecular flexibility index (Phi) is 10.6. The Bertz CT molecular complexity index is 1980. The van der Waals surface area contributed by atoms with Crippen molar-refractivity contribution < 1.29 is 68.4 Å². The molecule has 22 heteroatoms. The van der Waals surface area contributed by atoms with Gasteiger partial charge in [-0.3, -0.25) is 28.9 Å². The van der Waals surface area contributed by atoms with Gasteiger partial charge in [0.1, 0.15) is 17.9 Å². The number of quaternary nitrogens is 1. The Labute approximate surface area is 313 Å². The first-order valence-electron chi connectivity index (χ1n) is 16.5. The van der Waals surface area contributed by atoms with Crippen molar-refractivity contribution in [2.24, 2.45) is 11.1 Å². The number of aromatic nitrogens is 1. The number of hydrogen-bond acceptors (Lipinski definition) is 16. The Morgan fingerprint density at radius 1 is 1.06 bits per heavy atom. The van der Waals surface area contributed by atoms with Crippen LogP contribution in [0.5, 0.6) is 11.5 Å². The lowest BCUT2D eigenvalue weighted by atomic mass is 9.89. The summed E-state index contributed by atoms with van der Waals surface area (Å²) in [7, 11) is 0. The molecule has 2 saturated heterocycles. The summed E-state index contributed by atoms with van der Waals surface area (Å²) in [5.41, 5.74) is 8.17. The maximum Gasteiger partial charge on any atom is 0.352 e.